The van der Waals surface area contributed by atoms with Gasteiger partial charge in [-0.3, -0.25) is 23.4 Å². The molecule has 0 fully saturated rings. The van der Waals surface area contributed by atoms with E-state index in [9.17, 15) is 28.9 Å². The van der Waals surface area contributed by atoms with Crippen molar-refractivity contribution in [3.05, 3.63) is 85.1 Å². The third kappa shape index (κ3) is 49.6. The largest absolute Gasteiger partial charge is 0.472 e. The fraction of sp³-hybridized carbons (Fsp3) is 0.707. The minimum atomic E-state index is -4.76. The third-order valence-corrected chi connectivity index (χ3v) is 12.3. The lowest BCUT2D eigenvalue weighted by Gasteiger charge is -2.21. The van der Waals surface area contributed by atoms with Gasteiger partial charge in [0.1, 0.15) is 12.7 Å². The van der Waals surface area contributed by atoms with Crippen molar-refractivity contribution in [3.8, 4) is 0 Å². The molecule has 3 atom stereocenters. The Morgan fingerprint density at radius 1 is 0.414 bits per heavy atom. The van der Waals surface area contributed by atoms with E-state index in [4.69, 9.17) is 23.3 Å². The van der Waals surface area contributed by atoms with Gasteiger partial charge < -0.3 is 24.2 Å². The van der Waals surface area contributed by atoms with Gasteiger partial charge in [0.15, 0.2) is 6.10 Å². The highest BCUT2D eigenvalue weighted by molar-refractivity contribution is 7.47. The number of hydrogen-bond acceptors (Lipinski definition) is 10. The van der Waals surface area contributed by atoms with Crippen molar-refractivity contribution in [3.63, 3.8) is 0 Å². The van der Waals surface area contributed by atoms with Crippen molar-refractivity contribution in [2.24, 2.45) is 0 Å². The molecule has 0 aromatic carbocycles. The molecule has 0 aromatic rings. The summed E-state index contributed by atoms with van der Waals surface area (Å²) in [6, 6.07) is 0. The van der Waals surface area contributed by atoms with Crippen molar-refractivity contribution >= 4 is 25.7 Å². The SMILES string of the molecule is CC/C=C\C/C=C\C/C=C\C/C=C\CCCCCCC(=O)OC(COC(=O)CCCCCCCCCCCCC)COP(=O)(O)OCC(CO)OC(=O)CCCCCCC/C=C\C/C=C\C/C=C\CC. The van der Waals surface area contributed by atoms with Gasteiger partial charge in [0.2, 0.25) is 0 Å². The van der Waals surface area contributed by atoms with Crippen LogP contribution in [0, 0.1) is 0 Å². The van der Waals surface area contributed by atoms with Crippen LogP contribution in [0.2, 0.25) is 0 Å². The summed E-state index contributed by atoms with van der Waals surface area (Å²) in [5, 5.41) is 9.79. The van der Waals surface area contributed by atoms with Crippen LogP contribution >= 0.6 is 7.82 Å². The number of aliphatic hydroxyl groups is 1. The lowest BCUT2D eigenvalue weighted by molar-refractivity contribution is -0.161. The molecule has 70 heavy (non-hydrogen) atoms. The Labute approximate surface area is 426 Å². The number of aliphatic hydroxyl groups excluding tert-OH is 1. The van der Waals surface area contributed by atoms with Crippen molar-refractivity contribution in [1.82, 2.24) is 0 Å². The summed E-state index contributed by atoms with van der Waals surface area (Å²) in [5.74, 6) is -1.51. The van der Waals surface area contributed by atoms with Crippen LogP contribution in [-0.4, -0.2) is 66.5 Å². The third-order valence-electron chi connectivity index (χ3n) is 11.3. The molecule has 0 radical (unpaired) electrons. The molecule has 0 saturated carbocycles. The van der Waals surface area contributed by atoms with E-state index in [1.807, 2.05) is 0 Å². The number of phosphoric ester groups is 1. The van der Waals surface area contributed by atoms with E-state index in [2.05, 4.69) is 106 Å². The quantitative estimate of drug-likeness (QED) is 0.0197. The second-order valence-corrected chi connectivity index (χ2v) is 19.4. The molecule has 11 nitrogen and oxygen atoms in total. The first-order valence-corrected chi connectivity index (χ1v) is 29.0. The Bertz CT molecular complexity index is 1500. The molecule has 0 amide bonds. The Balaban J connectivity index is 4.76. The first-order chi connectivity index (χ1) is 34.2. The maximum absolute atomic E-state index is 12.9. The summed E-state index contributed by atoms with van der Waals surface area (Å²) in [6.07, 6.45) is 58.3. The number of unbranched alkanes of at least 4 members (excludes halogenated alkanes) is 19. The minimum absolute atomic E-state index is 0.137. The second kappa shape index (κ2) is 52.0. The average molecular weight is 1000 g/mol. The summed E-state index contributed by atoms with van der Waals surface area (Å²) >= 11 is 0. The molecule has 0 aromatic heterocycles. The minimum Gasteiger partial charge on any atom is -0.462 e. The lowest BCUT2D eigenvalue weighted by atomic mass is 10.1. The number of allylic oxidation sites excluding steroid dienone is 14. The molecular weight excluding hydrogens is 904 g/mol. The van der Waals surface area contributed by atoms with Crippen LogP contribution in [0.3, 0.4) is 0 Å². The Morgan fingerprint density at radius 2 is 0.743 bits per heavy atom. The van der Waals surface area contributed by atoms with E-state index in [1.54, 1.807) is 0 Å². The summed E-state index contributed by atoms with van der Waals surface area (Å²) < 4.78 is 39.4. The van der Waals surface area contributed by atoms with Gasteiger partial charge in [0.05, 0.1) is 19.8 Å². The number of carbonyl (C=O) groups excluding carboxylic acids is 3. The van der Waals surface area contributed by atoms with Crippen molar-refractivity contribution in [2.45, 2.75) is 238 Å². The van der Waals surface area contributed by atoms with Crippen LogP contribution < -0.4 is 0 Å². The van der Waals surface area contributed by atoms with Gasteiger partial charge >= 0.3 is 25.7 Å². The molecular formula is C58H99O11P. The first-order valence-electron chi connectivity index (χ1n) is 27.5. The molecule has 0 aliphatic heterocycles. The zero-order valence-electron chi connectivity index (χ0n) is 44.2. The summed E-state index contributed by atoms with van der Waals surface area (Å²) in [4.78, 5) is 48.4. The van der Waals surface area contributed by atoms with Gasteiger partial charge in [-0.1, -0.05) is 202 Å². The highest BCUT2D eigenvalue weighted by atomic mass is 31.2. The van der Waals surface area contributed by atoms with Gasteiger partial charge in [-0.25, -0.2) is 4.57 Å². The average Bonchev–Trinajstić information content (AvgIpc) is 3.35. The number of phosphoric acid groups is 1. The number of hydrogen-bond donors (Lipinski definition) is 2. The summed E-state index contributed by atoms with van der Waals surface area (Å²) in [6.45, 7) is 4.36. The van der Waals surface area contributed by atoms with E-state index < -0.39 is 57.8 Å². The van der Waals surface area contributed by atoms with Crippen molar-refractivity contribution in [2.75, 3.05) is 26.4 Å². The molecule has 0 heterocycles. The monoisotopic (exact) mass is 1000 g/mol. The van der Waals surface area contributed by atoms with Gasteiger partial charge in [-0.15, -0.1) is 0 Å². The van der Waals surface area contributed by atoms with Crippen LogP contribution in [0.25, 0.3) is 0 Å². The van der Waals surface area contributed by atoms with Crippen molar-refractivity contribution < 1.29 is 52.2 Å². The molecule has 0 aliphatic carbocycles. The molecule has 3 unspecified atom stereocenters. The topological polar surface area (TPSA) is 155 Å². The molecule has 0 bridgehead atoms. The summed E-state index contributed by atoms with van der Waals surface area (Å²) in [5.41, 5.74) is 0. The number of carbonyl (C=O) groups is 3. The van der Waals surface area contributed by atoms with E-state index >= 15 is 0 Å². The van der Waals surface area contributed by atoms with Crippen LogP contribution in [0.5, 0.6) is 0 Å². The first kappa shape index (κ1) is 66.7. The second-order valence-electron chi connectivity index (χ2n) is 18.0. The Morgan fingerprint density at radius 3 is 1.14 bits per heavy atom. The molecule has 0 saturated heterocycles. The van der Waals surface area contributed by atoms with E-state index in [-0.39, 0.29) is 25.9 Å². The molecule has 2 N–H and O–H groups in total. The number of esters is 3. The maximum Gasteiger partial charge on any atom is 0.472 e. The summed E-state index contributed by atoms with van der Waals surface area (Å²) in [7, 11) is -4.76. The molecule has 12 heteroatoms. The maximum atomic E-state index is 12.9. The van der Waals surface area contributed by atoms with Crippen LogP contribution in [0.1, 0.15) is 226 Å². The van der Waals surface area contributed by atoms with Gasteiger partial charge in [0.25, 0.3) is 0 Å². The number of rotatable bonds is 50. The Kier molecular flexibility index (Phi) is 49.5. The predicted octanol–water partition coefficient (Wildman–Crippen LogP) is 15.9. The lowest BCUT2D eigenvalue weighted by Crippen LogP contribution is -2.30. The molecule has 0 rings (SSSR count). The standard InChI is InChI=1S/C58H99O11P/c1-4-7-10-13-16-19-22-24-26-27-29-31-34-37-40-43-46-49-58(62)69-55(51-65-56(60)47-44-41-38-35-32-21-18-15-12-9-6-3)53-67-70(63,64)66-52-54(50-59)68-57(61)48-45-42-39-36-33-30-28-25-23-20-17-14-11-8-5-2/h7-8,10-11,16-17,19-20,24-26,28-29,31,54-55,59H,4-6,9,12-15,18,21-23,27,30,32-53H2,1-3H3,(H,63,64)/b10-7-,11-8-,19-16-,20-17-,26-24-,28-25-,31-29-. The van der Waals surface area contributed by atoms with Crippen molar-refractivity contribution in [1.29, 1.82) is 0 Å². The van der Waals surface area contributed by atoms with Crippen LogP contribution in [0.4, 0.5) is 0 Å². The molecule has 0 spiro atoms. The fourth-order valence-corrected chi connectivity index (χ4v) is 7.97. The van der Waals surface area contributed by atoms with Crippen LogP contribution in [-0.2, 0) is 42.2 Å². The van der Waals surface area contributed by atoms with E-state index in [0.29, 0.717) is 19.3 Å². The Hall–Kier alpha value is -3.34. The zero-order chi connectivity index (χ0) is 51.3. The van der Waals surface area contributed by atoms with E-state index in [1.165, 1.54) is 44.9 Å². The smallest absolute Gasteiger partial charge is 0.462 e. The molecule has 402 valence electrons. The highest BCUT2D eigenvalue weighted by Gasteiger charge is 2.28. The van der Waals surface area contributed by atoms with Gasteiger partial charge in [-0.2, -0.15) is 0 Å². The van der Waals surface area contributed by atoms with E-state index in [0.717, 1.165) is 122 Å². The van der Waals surface area contributed by atoms with Gasteiger partial charge in [-0.05, 0) is 89.9 Å². The normalized spacial score (nSPS) is 14.1. The van der Waals surface area contributed by atoms with Gasteiger partial charge in [0, 0.05) is 19.3 Å². The predicted molar refractivity (Wildman–Crippen MR) is 288 cm³/mol. The molecule has 0 aliphatic rings. The zero-order valence-corrected chi connectivity index (χ0v) is 45.1. The van der Waals surface area contributed by atoms with Crippen LogP contribution in [0.15, 0.2) is 85.1 Å². The highest BCUT2D eigenvalue weighted by Crippen LogP contribution is 2.43. The fourth-order valence-electron chi connectivity index (χ4n) is 7.18. The number of ether oxygens (including phenoxy) is 3.